The van der Waals surface area contributed by atoms with Gasteiger partial charge in [0.2, 0.25) is 0 Å². The van der Waals surface area contributed by atoms with E-state index in [0.29, 0.717) is 18.8 Å². The lowest BCUT2D eigenvalue weighted by molar-refractivity contribution is -0.385. The van der Waals surface area contributed by atoms with E-state index >= 15 is 0 Å². The third kappa shape index (κ3) is 4.05. The van der Waals surface area contributed by atoms with E-state index in [4.69, 9.17) is 0 Å². The Hall–Kier alpha value is -3.03. The molecule has 1 aliphatic heterocycles. The molecule has 0 radical (unpaired) electrons. The maximum absolute atomic E-state index is 13.9. The molecule has 0 unspecified atom stereocenters. The number of benzene rings is 2. The van der Waals surface area contributed by atoms with Gasteiger partial charge in [-0.25, -0.2) is 8.78 Å². The van der Waals surface area contributed by atoms with E-state index in [2.05, 4.69) is 0 Å². The van der Waals surface area contributed by atoms with Gasteiger partial charge < -0.3 is 9.80 Å². The highest BCUT2D eigenvalue weighted by molar-refractivity contribution is 5.99. The molecular weight excluding hydrogens is 356 g/mol. The fraction of sp³-hybridized carbons (Fsp3) is 0.316. The molecule has 8 heteroatoms. The average molecular weight is 375 g/mol. The van der Waals surface area contributed by atoms with Crippen molar-refractivity contribution in [3.05, 3.63) is 69.3 Å². The van der Waals surface area contributed by atoms with E-state index in [9.17, 15) is 23.7 Å². The second kappa shape index (κ2) is 7.69. The van der Waals surface area contributed by atoms with Gasteiger partial charge in [-0.15, -0.1) is 0 Å². The molecule has 1 heterocycles. The zero-order valence-corrected chi connectivity index (χ0v) is 14.8. The van der Waals surface area contributed by atoms with Crippen LogP contribution in [0.3, 0.4) is 0 Å². The zero-order valence-electron chi connectivity index (χ0n) is 14.8. The van der Waals surface area contributed by atoms with Crippen LogP contribution in [0.25, 0.3) is 0 Å². The summed E-state index contributed by atoms with van der Waals surface area (Å²) in [5.74, 6) is -1.70. The molecule has 1 amide bonds. The molecule has 142 valence electrons. The number of carbonyl (C=O) groups excluding carboxylic acids is 1. The lowest BCUT2D eigenvalue weighted by atomic mass is 10.1. The van der Waals surface area contributed by atoms with Gasteiger partial charge in [0.1, 0.15) is 17.2 Å². The molecule has 0 bridgehead atoms. The van der Waals surface area contributed by atoms with Crippen LogP contribution in [-0.4, -0.2) is 35.9 Å². The summed E-state index contributed by atoms with van der Waals surface area (Å²) in [6.45, 7) is 1.29. The number of anilines is 1. The van der Waals surface area contributed by atoms with Gasteiger partial charge in [-0.3, -0.25) is 14.9 Å². The van der Waals surface area contributed by atoms with E-state index in [1.807, 2.05) is 0 Å². The SMILES string of the molecule is CN(Cc1ccc(F)cc1F)c1ccc([N+](=O)[O-])c(C(=O)N2CCCC2)c1. The van der Waals surface area contributed by atoms with E-state index in [-0.39, 0.29) is 29.3 Å². The number of hydrogen-bond donors (Lipinski definition) is 0. The Kier molecular flexibility index (Phi) is 5.34. The smallest absolute Gasteiger partial charge is 0.282 e. The third-order valence-corrected chi connectivity index (χ3v) is 4.66. The minimum absolute atomic E-state index is 0.0193. The van der Waals surface area contributed by atoms with Crippen molar-refractivity contribution in [3.63, 3.8) is 0 Å². The van der Waals surface area contributed by atoms with E-state index in [0.717, 1.165) is 18.9 Å². The fourth-order valence-corrected chi connectivity index (χ4v) is 3.18. The van der Waals surface area contributed by atoms with Gasteiger partial charge in [0, 0.05) is 50.1 Å². The molecule has 0 aromatic heterocycles. The standard InChI is InChI=1S/C19H19F2N3O3/c1-22(12-13-4-5-14(20)10-17(13)21)15-6-7-18(24(26)27)16(11-15)19(25)23-8-2-3-9-23/h4-7,10-11H,2-3,8-9,12H2,1H3. The summed E-state index contributed by atoms with van der Waals surface area (Å²) >= 11 is 0. The molecule has 2 aromatic rings. The summed E-state index contributed by atoms with van der Waals surface area (Å²) in [7, 11) is 1.67. The van der Waals surface area contributed by atoms with Crippen molar-refractivity contribution >= 4 is 17.3 Å². The Balaban J connectivity index is 1.90. The molecule has 0 saturated carbocycles. The van der Waals surface area contributed by atoms with Crippen molar-refractivity contribution in [1.29, 1.82) is 0 Å². The Morgan fingerprint density at radius 1 is 1.19 bits per heavy atom. The highest BCUT2D eigenvalue weighted by Crippen LogP contribution is 2.28. The number of hydrogen-bond acceptors (Lipinski definition) is 4. The Labute approximate surface area is 155 Å². The molecule has 1 fully saturated rings. The van der Waals surface area contributed by atoms with Crippen molar-refractivity contribution in [2.75, 3.05) is 25.0 Å². The van der Waals surface area contributed by atoms with Crippen LogP contribution in [-0.2, 0) is 6.54 Å². The average Bonchev–Trinajstić information content (AvgIpc) is 3.17. The Morgan fingerprint density at radius 3 is 2.52 bits per heavy atom. The number of nitro groups is 1. The van der Waals surface area contributed by atoms with Crippen molar-refractivity contribution < 1.29 is 18.5 Å². The largest absolute Gasteiger partial charge is 0.370 e. The summed E-state index contributed by atoms with van der Waals surface area (Å²) in [5, 5.41) is 11.3. The molecule has 1 aliphatic rings. The number of nitrogens with zero attached hydrogens (tertiary/aromatic N) is 3. The Bertz CT molecular complexity index is 882. The fourth-order valence-electron chi connectivity index (χ4n) is 3.18. The van der Waals surface area contributed by atoms with Gasteiger partial charge in [-0.05, 0) is 31.0 Å². The van der Waals surface area contributed by atoms with Crippen LogP contribution >= 0.6 is 0 Å². The second-order valence-electron chi connectivity index (χ2n) is 6.55. The highest BCUT2D eigenvalue weighted by Gasteiger charge is 2.27. The van der Waals surface area contributed by atoms with Gasteiger partial charge in [0.25, 0.3) is 11.6 Å². The molecule has 6 nitrogen and oxygen atoms in total. The number of nitro benzene ring substituents is 1. The van der Waals surface area contributed by atoms with Crippen molar-refractivity contribution in [2.24, 2.45) is 0 Å². The zero-order chi connectivity index (χ0) is 19.6. The van der Waals surface area contributed by atoms with Crippen LogP contribution in [0.4, 0.5) is 20.2 Å². The number of rotatable bonds is 5. The molecule has 0 atom stereocenters. The van der Waals surface area contributed by atoms with Crippen LogP contribution in [0.1, 0.15) is 28.8 Å². The van der Waals surface area contributed by atoms with Gasteiger partial charge >= 0.3 is 0 Å². The number of halogens is 2. The van der Waals surface area contributed by atoms with Gasteiger partial charge in [-0.1, -0.05) is 6.07 Å². The topological polar surface area (TPSA) is 66.7 Å². The molecule has 1 saturated heterocycles. The maximum atomic E-state index is 13.9. The molecular formula is C19H19F2N3O3. The first-order valence-electron chi connectivity index (χ1n) is 8.59. The number of likely N-dealkylation sites (tertiary alicyclic amines) is 1. The van der Waals surface area contributed by atoms with Gasteiger partial charge in [0.05, 0.1) is 4.92 Å². The first-order chi connectivity index (χ1) is 12.9. The third-order valence-electron chi connectivity index (χ3n) is 4.66. The van der Waals surface area contributed by atoms with Crippen molar-refractivity contribution in [3.8, 4) is 0 Å². The van der Waals surface area contributed by atoms with Crippen molar-refractivity contribution in [1.82, 2.24) is 4.90 Å². The minimum Gasteiger partial charge on any atom is -0.370 e. The molecule has 0 spiro atoms. The summed E-state index contributed by atoms with van der Waals surface area (Å²) in [6.07, 6.45) is 1.76. The van der Waals surface area contributed by atoms with Crippen LogP contribution in [0.5, 0.6) is 0 Å². The van der Waals surface area contributed by atoms with Gasteiger partial charge in [0.15, 0.2) is 0 Å². The summed E-state index contributed by atoms with van der Waals surface area (Å²) < 4.78 is 26.9. The maximum Gasteiger partial charge on any atom is 0.282 e. The van der Waals surface area contributed by atoms with Crippen molar-refractivity contribution in [2.45, 2.75) is 19.4 Å². The lowest BCUT2D eigenvalue weighted by Crippen LogP contribution is -2.28. The molecule has 0 aliphatic carbocycles. The first kappa shape index (κ1) is 18.8. The first-order valence-corrected chi connectivity index (χ1v) is 8.59. The predicted octanol–water partition coefficient (Wildman–Crippen LogP) is 3.75. The highest BCUT2D eigenvalue weighted by atomic mass is 19.1. The van der Waals surface area contributed by atoms with E-state index in [1.54, 1.807) is 16.8 Å². The summed E-state index contributed by atoms with van der Waals surface area (Å²) in [6, 6.07) is 7.59. The summed E-state index contributed by atoms with van der Waals surface area (Å²) in [4.78, 5) is 26.7. The van der Waals surface area contributed by atoms with Gasteiger partial charge in [-0.2, -0.15) is 0 Å². The van der Waals surface area contributed by atoms with Crippen LogP contribution < -0.4 is 4.90 Å². The van der Waals surface area contributed by atoms with Crippen LogP contribution in [0.15, 0.2) is 36.4 Å². The van der Waals surface area contributed by atoms with Crippen LogP contribution in [0, 0.1) is 21.7 Å². The van der Waals surface area contributed by atoms with E-state index in [1.165, 1.54) is 30.3 Å². The summed E-state index contributed by atoms with van der Waals surface area (Å²) in [5.41, 5.74) is 0.583. The Morgan fingerprint density at radius 2 is 1.89 bits per heavy atom. The monoisotopic (exact) mass is 375 g/mol. The molecule has 2 aromatic carbocycles. The second-order valence-corrected chi connectivity index (χ2v) is 6.55. The normalized spacial score (nSPS) is 13.7. The molecule has 0 N–H and O–H groups in total. The number of amides is 1. The quantitative estimate of drug-likeness (QED) is 0.590. The number of carbonyl (C=O) groups is 1. The van der Waals surface area contributed by atoms with Crippen LogP contribution in [0.2, 0.25) is 0 Å². The molecule has 27 heavy (non-hydrogen) atoms. The predicted molar refractivity (Wildman–Crippen MR) is 96.7 cm³/mol. The lowest BCUT2D eigenvalue weighted by Gasteiger charge is -2.21. The molecule has 3 rings (SSSR count). The van der Waals surface area contributed by atoms with E-state index < -0.39 is 16.6 Å². The minimum atomic E-state index is -0.669.